The highest BCUT2D eigenvalue weighted by Crippen LogP contribution is 2.36. The standard InChI is InChI=1S/C15H16Cl2N2OS/c1-8-4-5-10(15(20)18-3)6-12(8)19-9(2)11-7-13(16)21-14(11)17/h4-7,9,19H,1-3H3,(H,18,20). The molecule has 2 rings (SSSR count). The second kappa shape index (κ2) is 6.69. The molecule has 21 heavy (non-hydrogen) atoms. The SMILES string of the molecule is CNC(=O)c1ccc(C)c(NC(C)c2cc(Cl)sc2Cl)c1. The Morgan fingerprint density at radius 2 is 2.00 bits per heavy atom. The molecule has 0 bridgehead atoms. The van der Waals surface area contributed by atoms with E-state index in [-0.39, 0.29) is 11.9 Å². The van der Waals surface area contributed by atoms with E-state index in [0.717, 1.165) is 16.8 Å². The van der Waals surface area contributed by atoms with E-state index in [1.807, 2.05) is 32.0 Å². The van der Waals surface area contributed by atoms with Gasteiger partial charge in [0.05, 0.1) is 14.7 Å². The summed E-state index contributed by atoms with van der Waals surface area (Å²) in [6.07, 6.45) is 0. The molecular weight excluding hydrogens is 327 g/mol. The molecule has 0 spiro atoms. The largest absolute Gasteiger partial charge is 0.378 e. The Kier molecular flexibility index (Phi) is 5.14. The average Bonchev–Trinajstić information content (AvgIpc) is 2.79. The number of carbonyl (C=O) groups excluding carboxylic acids is 1. The summed E-state index contributed by atoms with van der Waals surface area (Å²) in [7, 11) is 1.62. The Bertz CT molecular complexity index is 670. The fourth-order valence-corrected chi connectivity index (χ4v) is 3.67. The van der Waals surface area contributed by atoms with E-state index in [9.17, 15) is 4.79 Å². The van der Waals surface area contributed by atoms with Crippen molar-refractivity contribution < 1.29 is 4.79 Å². The lowest BCUT2D eigenvalue weighted by atomic mass is 10.1. The monoisotopic (exact) mass is 342 g/mol. The lowest BCUT2D eigenvalue weighted by Gasteiger charge is -2.17. The van der Waals surface area contributed by atoms with Crippen molar-refractivity contribution in [3.63, 3.8) is 0 Å². The number of aryl methyl sites for hydroxylation is 1. The number of anilines is 1. The second-order valence-corrected chi connectivity index (χ2v) is 7.04. The zero-order valence-electron chi connectivity index (χ0n) is 12.0. The zero-order chi connectivity index (χ0) is 15.6. The van der Waals surface area contributed by atoms with Gasteiger partial charge in [-0.25, -0.2) is 0 Å². The quantitative estimate of drug-likeness (QED) is 0.829. The molecule has 1 unspecified atom stereocenters. The van der Waals surface area contributed by atoms with Gasteiger partial charge in [-0.05, 0) is 37.6 Å². The van der Waals surface area contributed by atoms with Gasteiger partial charge in [-0.15, -0.1) is 11.3 Å². The van der Waals surface area contributed by atoms with Crippen LogP contribution in [0.5, 0.6) is 0 Å². The van der Waals surface area contributed by atoms with Crippen LogP contribution in [0.2, 0.25) is 8.67 Å². The fraction of sp³-hybridized carbons (Fsp3) is 0.267. The van der Waals surface area contributed by atoms with Gasteiger partial charge < -0.3 is 10.6 Å². The summed E-state index contributed by atoms with van der Waals surface area (Å²) in [5.41, 5.74) is 3.54. The molecule has 0 saturated carbocycles. The number of benzene rings is 1. The number of carbonyl (C=O) groups is 1. The summed E-state index contributed by atoms with van der Waals surface area (Å²) in [4.78, 5) is 11.7. The van der Waals surface area contributed by atoms with Gasteiger partial charge in [-0.3, -0.25) is 4.79 Å². The minimum atomic E-state index is -0.109. The molecule has 1 aromatic carbocycles. The van der Waals surface area contributed by atoms with Crippen LogP contribution in [0.1, 0.15) is 34.5 Å². The normalized spacial score (nSPS) is 12.0. The Morgan fingerprint density at radius 1 is 1.29 bits per heavy atom. The van der Waals surface area contributed by atoms with Gasteiger partial charge >= 0.3 is 0 Å². The van der Waals surface area contributed by atoms with Crippen LogP contribution in [0.3, 0.4) is 0 Å². The highest BCUT2D eigenvalue weighted by molar-refractivity contribution is 7.20. The Labute approximate surface area is 138 Å². The third-order valence-corrected chi connectivity index (χ3v) is 4.77. The van der Waals surface area contributed by atoms with Crippen molar-refractivity contribution in [2.75, 3.05) is 12.4 Å². The Morgan fingerprint density at radius 3 is 2.57 bits per heavy atom. The van der Waals surface area contributed by atoms with Crippen molar-refractivity contribution in [3.05, 3.63) is 49.6 Å². The van der Waals surface area contributed by atoms with E-state index in [1.54, 1.807) is 13.1 Å². The van der Waals surface area contributed by atoms with E-state index in [4.69, 9.17) is 23.2 Å². The number of rotatable bonds is 4. The maximum atomic E-state index is 11.7. The molecule has 1 amide bonds. The van der Waals surface area contributed by atoms with Crippen LogP contribution in [-0.2, 0) is 0 Å². The smallest absolute Gasteiger partial charge is 0.251 e. The van der Waals surface area contributed by atoms with Gasteiger partial charge in [-0.1, -0.05) is 29.3 Å². The molecule has 1 aromatic heterocycles. The molecule has 1 atom stereocenters. The summed E-state index contributed by atoms with van der Waals surface area (Å²) in [6.45, 7) is 4.00. The van der Waals surface area contributed by atoms with Crippen molar-refractivity contribution in [1.82, 2.24) is 5.32 Å². The summed E-state index contributed by atoms with van der Waals surface area (Å²) in [5, 5.41) is 6.01. The van der Waals surface area contributed by atoms with Gasteiger partial charge in [0.2, 0.25) is 0 Å². The van der Waals surface area contributed by atoms with Gasteiger partial charge in [-0.2, -0.15) is 0 Å². The highest BCUT2D eigenvalue weighted by Gasteiger charge is 2.15. The summed E-state index contributed by atoms with van der Waals surface area (Å²) in [6, 6.07) is 7.43. The Hall–Kier alpha value is -1.23. The minimum absolute atomic E-state index is 0.000104. The van der Waals surface area contributed by atoms with E-state index < -0.39 is 0 Å². The van der Waals surface area contributed by atoms with E-state index in [1.165, 1.54) is 11.3 Å². The van der Waals surface area contributed by atoms with Gasteiger partial charge in [0.15, 0.2) is 0 Å². The van der Waals surface area contributed by atoms with Crippen molar-refractivity contribution in [2.24, 2.45) is 0 Å². The molecule has 112 valence electrons. The molecule has 0 aliphatic carbocycles. The second-order valence-electron chi connectivity index (χ2n) is 4.75. The van der Waals surface area contributed by atoms with Gasteiger partial charge in [0.25, 0.3) is 5.91 Å². The minimum Gasteiger partial charge on any atom is -0.378 e. The van der Waals surface area contributed by atoms with Crippen molar-refractivity contribution in [1.29, 1.82) is 0 Å². The number of hydrogen-bond donors (Lipinski definition) is 2. The number of nitrogens with one attached hydrogen (secondary N) is 2. The first-order chi connectivity index (χ1) is 9.92. The van der Waals surface area contributed by atoms with Crippen LogP contribution in [0.4, 0.5) is 5.69 Å². The molecule has 2 aromatic rings. The first-order valence-corrected chi connectivity index (χ1v) is 8.03. The molecule has 0 aliphatic heterocycles. The first-order valence-electron chi connectivity index (χ1n) is 6.46. The molecular formula is C15H16Cl2N2OS. The first kappa shape index (κ1) is 16.1. The molecule has 0 aliphatic rings. The summed E-state index contributed by atoms with van der Waals surface area (Å²) >= 11 is 13.5. The lowest BCUT2D eigenvalue weighted by Crippen LogP contribution is -2.18. The number of thiophene rings is 1. The highest BCUT2D eigenvalue weighted by atomic mass is 35.5. The maximum Gasteiger partial charge on any atom is 0.251 e. The van der Waals surface area contributed by atoms with Crippen LogP contribution in [-0.4, -0.2) is 13.0 Å². The summed E-state index contributed by atoms with van der Waals surface area (Å²) in [5.74, 6) is -0.109. The molecule has 0 radical (unpaired) electrons. The number of hydrogen-bond acceptors (Lipinski definition) is 3. The molecule has 3 nitrogen and oxygen atoms in total. The Balaban J connectivity index is 2.26. The summed E-state index contributed by atoms with van der Waals surface area (Å²) < 4.78 is 1.35. The average molecular weight is 343 g/mol. The zero-order valence-corrected chi connectivity index (χ0v) is 14.3. The maximum absolute atomic E-state index is 11.7. The van der Waals surface area contributed by atoms with Gasteiger partial charge in [0.1, 0.15) is 0 Å². The number of amides is 1. The molecule has 0 fully saturated rings. The molecule has 6 heteroatoms. The lowest BCUT2D eigenvalue weighted by molar-refractivity contribution is 0.0963. The predicted molar refractivity (Wildman–Crippen MR) is 90.9 cm³/mol. The van der Waals surface area contributed by atoms with Crippen molar-refractivity contribution in [3.8, 4) is 0 Å². The van der Waals surface area contributed by atoms with Crippen LogP contribution in [0.15, 0.2) is 24.3 Å². The van der Waals surface area contributed by atoms with Crippen LogP contribution < -0.4 is 10.6 Å². The van der Waals surface area contributed by atoms with E-state index >= 15 is 0 Å². The van der Waals surface area contributed by atoms with Crippen LogP contribution in [0, 0.1) is 6.92 Å². The van der Waals surface area contributed by atoms with Crippen molar-refractivity contribution in [2.45, 2.75) is 19.9 Å². The van der Waals surface area contributed by atoms with Gasteiger partial charge in [0, 0.05) is 23.9 Å². The van der Waals surface area contributed by atoms with Crippen molar-refractivity contribution >= 4 is 46.1 Å². The fourth-order valence-electron chi connectivity index (χ4n) is 2.02. The van der Waals surface area contributed by atoms with Crippen LogP contribution >= 0.6 is 34.5 Å². The topological polar surface area (TPSA) is 41.1 Å². The predicted octanol–water partition coefficient (Wildman–Crippen LogP) is 4.90. The third kappa shape index (κ3) is 3.70. The van der Waals surface area contributed by atoms with E-state index in [2.05, 4.69) is 10.6 Å². The molecule has 2 N–H and O–H groups in total. The van der Waals surface area contributed by atoms with E-state index in [0.29, 0.717) is 14.2 Å². The number of halogens is 2. The molecule has 0 saturated heterocycles. The third-order valence-electron chi connectivity index (χ3n) is 3.25. The molecule has 1 heterocycles. The van der Waals surface area contributed by atoms with Crippen LogP contribution in [0.25, 0.3) is 0 Å².